The molecule has 0 bridgehead atoms. The molecule has 0 aliphatic heterocycles. The SMILES string of the molecule is c1cc(-c2cccc3cc(-c4c5ccccc5c(-c5cccc6oc7ccccc7c56)c5ccccc45)ccc23)c2ccc(-c3c4ccccc4c(-c4cccc5oc6ccccc6c45)c4ccccc34)cc2c1. The molecule has 0 fully saturated rings. The monoisotopic (exact) mass is 938 g/mol. The zero-order valence-corrected chi connectivity index (χ0v) is 40.1. The van der Waals surface area contributed by atoms with Crippen molar-refractivity contribution >= 4 is 109 Å². The maximum Gasteiger partial charge on any atom is 0.136 e. The van der Waals surface area contributed by atoms with Gasteiger partial charge in [-0.05, 0) is 157 Å². The molecule has 0 amide bonds. The van der Waals surface area contributed by atoms with E-state index in [9.17, 15) is 0 Å². The zero-order chi connectivity index (χ0) is 48.4. The molecule has 0 aliphatic carbocycles. The van der Waals surface area contributed by atoms with Crippen LogP contribution in [0.15, 0.2) is 264 Å². The molecule has 0 aliphatic rings. The Bertz CT molecular complexity index is 4600. The molecule has 16 aromatic rings. The summed E-state index contributed by atoms with van der Waals surface area (Å²) in [7, 11) is 0. The van der Waals surface area contributed by atoms with Crippen LogP contribution in [-0.2, 0) is 0 Å². The normalized spacial score (nSPS) is 12.1. The Morgan fingerprint density at radius 1 is 0.189 bits per heavy atom. The summed E-state index contributed by atoms with van der Waals surface area (Å²) in [6.07, 6.45) is 0. The average molecular weight is 939 g/mol. The van der Waals surface area contributed by atoms with Crippen LogP contribution in [0.2, 0.25) is 0 Å². The van der Waals surface area contributed by atoms with Crippen molar-refractivity contribution in [3.05, 3.63) is 255 Å². The molecule has 0 atom stereocenters. The van der Waals surface area contributed by atoms with E-state index in [1.54, 1.807) is 0 Å². The first-order valence-electron chi connectivity index (χ1n) is 25.5. The molecular formula is C72H42O2. The van der Waals surface area contributed by atoms with Gasteiger partial charge in [0.05, 0.1) is 0 Å². The van der Waals surface area contributed by atoms with E-state index in [1.165, 1.54) is 120 Å². The summed E-state index contributed by atoms with van der Waals surface area (Å²) in [5, 5.41) is 19.2. The Hall–Kier alpha value is -9.76. The number of rotatable bonds is 5. The summed E-state index contributed by atoms with van der Waals surface area (Å²) < 4.78 is 12.8. The Morgan fingerprint density at radius 3 is 0.865 bits per heavy atom. The Labute approximate surface area is 425 Å². The largest absolute Gasteiger partial charge is 0.456 e. The summed E-state index contributed by atoms with van der Waals surface area (Å²) in [4.78, 5) is 0. The molecule has 74 heavy (non-hydrogen) atoms. The van der Waals surface area contributed by atoms with Gasteiger partial charge in [0.1, 0.15) is 22.3 Å². The first-order valence-corrected chi connectivity index (χ1v) is 25.5. The van der Waals surface area contributed by atoms with E-state index >= 15 is 0 Å². The molecule has 16 rings (SSSR count). The zero-order valence-electron chi connectivity index (χ0n) is 40.1. The van der Waals surface area contributed by atoms with E-state index in [0.717, 1.165) is 43.9 Å². The molecular weight excluding hydrogens is 897 g/mol. The summed E-state index contributed by atoms with van der Waals surface area (Å²) >= 11 is 0. The van der Waals surface area contributed by atoms with Crippen molar-refractivity contribution < 1.29 is 8.83 Å². The average Bonchev–Trinajstić information content (AvgIpc) is 4.05. The van der Waals surface area contributed by atoms with Gasteiger partial charge in [-0.1, -0.05) is 218 Å². The quantitative estimate of drug-likeness (QED) is 0.161. The predicted octanol–water partition coefficient (Wildman–Crippen LogP) is 20.7. The third-order valence-corrected chi connectivity index (χ3v) is 15.8. The van der Waals surface area contributed by atoms with Crippen LogP contribution in [0.5, 0.6) is 0 Å². The van der Waals surface area contributed by atoms with E-state index in [1.807, 2.05) is 12.1 Å². The van der Waals surface area contributed by atoms with Gasteiger partial charge in [0.15, 0.2) is 0 Å². The topological polar surface area (TPSA) is 26.3 Å². The van der Waals surface area contributed by atoms with Gasteiger partial charge in [0.2, 0.25) is 0 Å². The standard InChI is InChI=1S/C72H42O2/c1-5-23-55-51(19-1)67(52-20-2-6-24-56(52)69(55)61-31-15-35-65-71(61)59-27-9-11-33-63(59)73-65)45-37-39-47-43(41-45)17-13-29-49(47)50-30-14-18-44-42-46(38-40-48(44)50)68-53-21-3-7-25-57(53)70(58-26-8-4-22-54(58)68)62-32-16-36-66-72(62)60-28-10-12-34-64(60)74-66/h1-42H. The fraction of sp³-hybridized carbons (Fsp3) is 0. The molecule has 0 spiro atoms. The minimum Gasteiger partial charge on any atom is -0.456 e. The number of para-hydroxylation sites is 2. The van der Waals surface area contributed by atoms with E-state index in [2.05, 4.69) is 243 Å². The van der Waals surface area contributed by atoms with E-state index < -0.39 is 0 Å². The molecule has 0 unspecified atom stereocenters. The highest BCUT2D eigenvalue weighted by atomic mass is 16.3. The van der Waals surface area contributed by atoms with Crippen LogP contribution in [0.1, 0.15) is 0 Å². The molecule has 342 valence electrons. The van der Waals surface area contributed by atoms with Gasteiger partial charge in [0.25, 0.3) is 0 Å². The van der Waals surface area contributed by atoms with Crippen molar-refractivity contribution in [2.75, 3.05) is 0 Å². The minimum absolute atomic E-state index is 0.903. The van der Waals surface area contributed by atoms with Gasteiger partial charge >= 0.3 is 0 Å². The molecule has 0 radical (unpaired) electrons. The van der Waals surface area contributed by atoms with Crippen LogP contribution in [-0.4, -0.2) is 0 Å². The molecule has 2 heterocycles. The smallest absolute Gasteiger partial charge is 0.136 e. The highest BCUT2D eigenvalue weighted by Gasteiger charge is 2.23. The van der Waals surface area contributed by atoms with Gasteiger partial charge in [-0.2, -0.15) is 0 Å². The highest BCUT2D eigenvalue weighted by molar-refractivity contribution is 6.28. The van der Waals surface area contributed by atoms with Crippen molar-refractivity contribution in [3.8, 4) is 55.6 Å². The third kappa shape index (κ3) is 5.94. The lowest BCUT2D eigenvalue weighted by molar-refractivity contribution is 0.668. The van der Waals surface area contributed by atoms with Crippen LogP contribution in [0.3, 0.4) is 0 Å². The summed E-state index contributed by atoms with van der Waals surface area (Å²) in [5.41, 5.74) is 15.8. The number of furan rings is 2. The Kier molecular flexibility index (Phi) is 8.78. The second-order valence-corrected chi connectivity index (χ2v) is 19.7. The second kappa shape index (κ2) is 15.9. The van der Waals surface area contributed by atoms with Crippen LogP contribution in [0, 0.1) is 0 Å². The van der Waals surface area contributed by atoms with Crippen LogP contribution in [0.4, 0.5) is 0 Å². The molecule has 2 nitrogen and oxygen atoms in total. The maximum atomic E-state index is 6.42. The van der Waals surface area contributed by atoms with Crippen LogP contribution in [0.25, 0.3) is 164 Å². The Morgan fingerprint density at radius 2 is 0.486 bits per heavy atom. The van der Waals surface area contributed by atoms with Crippen molar-refractivity contribution in [1.29, 1.82) is 0 Å². The van der Waals surface area contributed by atoms with Gasteiger partial charge in [-0.3, -0.25) is 0 Å². The fourth-order valence-corrected chi connectivity index (χ4v) is 12.8. The molecule has 0 N–H and O–H groups in total. The van der Waals surface area contributed by atoms with Gasteiger partial charge in [-0.25, -0.2) is 0 Å². The first kappa shape index (κ1) is 40.9. The summed E-state index contributed by atoms with van der Waals surface area (Å²) in [6, 6.07) is 93.1. The van der Waals surface area contributed by atoms with Crippen molar-refractivity contribution in [2.24, 2.45) is 0 Å². The van der Waals surface area contributed by atoms with Crippen molar-refractivity contribution in [2.45, 2.75) is 0 Å². The predicted molar refractivity (Wildman–Crippen MR) is 313 cm³/mol. The van der Waals surface area contributed by atoms with Crippen LogP contribution >= 0.6 is 0 Å². The van der Waals surface area contributed by atoms with E-state index in [-0.39, 0.29) is 0 Å². The van der Waals surface area contributed by atoms with E-state index in [4.69, 9.17) is 8.83 Å². The minimum atomic E-state index is 0.903. The lowest BCUT2D eigenvalue weighted by Crippen LogP contribution is -1.92. The summed E-state index contributed by atoms with van der Waals surface area (Å²) in [5.74, 6) is 0. The summed E-state index contributed by atoms with van der Waals surface area (Å²) in [6.45, 7) is 0. The first-order chi connectivity index (χ1) is 36.7. The fourth-order valence-electron chi connectivity index (χ4n) is 12.8. The van der Waals surface area contributed by atoms with E-state index in [0.29, 0.717) is 0 Å². The Balaban J connectivity index is 0.843. The van der Waals surface area contributed by atoms with Crippen LogP contribution < -0.4 is 0 Å². The van der Waals surface area contributed by atoms with Crippen molar-refractivity contribution in [1.82, 2.24) is 0 Å². The highest BCUT2D eigenvalue weighted by Crippen LogP contribution is 2.50. The van der Waals surface area contributed by atoms with Crippen molar-refractivity contribution in [3.63, 3.8) is 0 Å². The number of hydrogen-bond donors (Lipinski definition) is 0. The molecule has 0 saturated heterocycles. The second-order valence-electron chi connectivity index (χ2n) is 19.7. The number of hydrogen-bond acceptors (Lipinski definition) is 2. The molecule has 0 saturated carbocycles. The lowest BCUT2D eigenvalue weighted by atomic mass is 9.84. The third-order valence-electron chi connectivity index (χ3n) is 15.8. The van der Waals surface area contributed by atoms with Gasteiger partial charge in [0, 0.05) is 21.5 Å². The van der Waals surface area contributed by atoms with Gasteiger partial charge in [-0.15, -0.1) is 0 Å². The van der Waals surface area contributed by atoms with Gasteiger partial charge < -0.3 is 8.83 Å². The number of fused-ring (bicyclic) bond motifs is 12. The number of benzene rings is 14. The molecule has 14 aromatic carbocycles. The molecule has 2 aromatic heterocycles. The maximum absolute atomic E-state index is 6.42. The lowest BCUT2D eigenvalue weighted by Gasteiger charge is -2.19. The molecule has 2 heteroatoms.